The van der Waals surface area contributed by atoms with E-state index in [-0.39, 0.29) is 0 Å². The zero-order chi connectivity index (χ0) is 13.1. The lowest BCUT2D eigenvalue weighted by Gasteiger charge is -2.52. The first-order chi connectivity index (χ1) is 9.34. The lowest BCUT2D eigenvalue weighted by molar-refractivity contribution is 0.0113. The summed E-state index contributed by atoms with van der Waals surface area (Å²) < 4.78 is 0. The van der Waals surface area contributed by atoms with Crippen molar-refractivity contribution in [2.45, 2.75) is 63.5 Å². The van der Waals surface area contributed by atoms with Crippen molar-refractivity contribution in [3.63, 3.8) is 0 Å². The van der Waals surface area contributed by atoms with Crippen molar-refractivity contribution in [1.29, 1.82) is 0 Å². The van der Waals surface area contributed by atoms with Crippen molar-refractivity contribution in [1.82, 2.24) is 10.2 Å². The normalized spacial score (nSPS) is 31.7. The van der Waals surface area contributed by atoms with Crippen molar-refractivity contribution < 1.29 is 0 Å². The second-order valence-corrected chi connectivity index (χ2v) is 8.15. The molecule has 3 fully saturated rings. The summed E-state index contributed by atoms with van der Waals surface area (Å²) in [5.74, 6) is 3.60. The molecule has 3 aliphatic rings. The quantitative estimate of drug-likeness (QED) is 0.780. The lowest BCUT2D eigenvalue weighted by Crippen LogP contribution is -2.66. The van der Waals surface area contributed by atoms with E-state index >= 15 is 0 Å². The summed E-state index contributed by atoms with van der Waals surface area (Å²) >= 11 is 2.11. The molecule has 2 saturated carbocycles. The SMILES string of the molecule is CCSCCN1CC(C2CC2)NCC12CCCCC2. The molecule has 110 valence electrons. The van der Waals surface area contributed by atoms with Crippen LogP contribution in [0, 0.1) is 5.92 Å². The highest BCUT2D eigenvalue weighted by molar-refractivity contribution is 7.99. The van der Waals surface area contributed by atoms with E-state index in [2.05, 4.69) is 28.9 Å². The van der Waals surface area contributed by atoms with Gasteiger partial charge in [0.25, 0.3) is 0 Å². The zero-order valence-electron chi connectivity index (χ0n) is 12.5. The summed E-state index contributed by atoms with van der Waals surface area (Å²) in [7, 11) is 0. The molecule has 1 N–H and O–H groups in total. The van der Waals surface area contributed by atoms with Crippen LogP contribution < -0.4 is 5.32 Å². The van der Waals surface area contributed by atoms with Crippen LogP contribution in [-0.2, 0) is 0 Å². The Morgan fingerprint density at radius 1 is 1.21 bits per heavy atom. The summed E-state index contributed by atoms with van der Waals surface area (Å²) in [6.45, 7) is 6.20. The molecule has 2 nitrogen and oxygen atoms in total. The van der Waals surface area contributed by atoms with Gasteiger partial charge in [-0.25, -0.2) is 0 Å². The van der Waals surface area contributed by atoms with Crippen LogP contribution in [0.25, 0.3) is 0 Å². The Kier molecular flexibility index (Phi) is 4.76. The highest BCUT2D eigenvalue weighted by Crippen LogP contribution is 2.40. The van der Waals surface area contributed by atoms with Gasteiger partial charge in [-0.2, -0.15) is 11.8 Å². The average molecular weight is 282 g/mol. The number of rotatable bonds is 5. The van der Waals surface area contributed by atoms with Gasteiger partial charge in [-0.05, 0) is 37.4 Å². The van der Waals surface area contributed by atoms with Crippen LogP contribution >= 0.6 is 11.8 Å². The van der Waals surface area contributed by atoms with Gasteiger partial charge in [-0.1, -0.05) is 26.2 Å². The molecule has 1 aliphatic heterocycles. The minimum Gasteiger partial charge on any atom is -0.311 e. The Hall–Kier alpha value is 0.270. The molecular formula is C16H30N2S. The number of hydrogen-bond donors (Lipinski definition) is 1. The molecule has 3 heteroatoms. The van der Waals surface area contributed by atoms with Gasteiger partial charge >= 0.3 is 0 Å². The van der Waals surface area contributed by atoms with Crippen LogP contribution in [0.5, 0.6) is 0 Å². The molecule has 1 atom stereocenters. The van der Waals surface area contributed by atoms with Gasteiger partial charge in [0.2, 0.25) is 0 Å². The number of nitrogens with one attached hydrogen (secondary N) is 1. The maximum Gasteiger partial charge on any atom is 0.0335 e. The van der Waals surface area contributed by atoms with E-state index in [1.165, 1.54) is 76.1 Å². The molecule has 0 bridgehead atoms. The van der Waals surface area contributed by atoms with Crippen LogP contribution in [0.1, 0.15) is 51.9 Å². The third-order valence-corrected chi connectivity index (χ3v) is 6.35. The molecule has 0 aromatic rings. The Bertz CT molecular complexity index is 284. The number of thioether (sulfide) groups is 1. The maximum atomic E-state index is 3.91. The van der Waals surface area contributed by atoms with Gasteiger partial charge in [0, 0.05) is 37.0 Å². The van der Waals surface area contributed by atoms with Crippen LogP contribution in [0.15, 0.2) is 0 Å². The Balaban J connectivity index is 1.62. The average Bonchev–Trinajstić information content (AvgIpc) is 3.27. The topological polar surface area (TPSA) is 15.3 Å². The number of nitrogens with zero attached hydrogens (tertiary/aromatic N) is 1. The zero-order valence-corrected chi connectivity index (χ0v) is 13.3. The Labute approximate surface area is 123 Å². The van der Waals surface area contributed by atoms with Crippen LogP contribution in [0.3, 0.4) is 0 Å². The summed E-state index contributed by atoms with van der Waals surface area (Å²) in [5.41, 5.74) is 0.526. The highest BCUT2D eigenvalue weighted by Gasteiger charge is 2.45. The first kappa shape index (κ1) is 14.2. The molecule has 1 unspecified atom stereocenters. The minimum atomic E-state index is 0.526. The molecule has 1 spiro atoms. The van der Waals surface area contributed by atoms with Crippen molar-refractivity contribution >= 4 is 11.8 Å². The second-order valence-electron chi connectivity index (χ2n) is 6.75. The van der Waals surface area contributed by atoms with Gasteiger partial charge in [0.15, 0.2) is 0 Å². The standard InChI is InChI=1S/C16H30N2S/c1-2-19-11-10-18-12-15(14-6-7-14)17-13-16(18)8-4-3-5-9-16/h14-15,17H,2-13H2,1H3. The van der Waals surface area contributed by atoms with Gasteiger partial charge < -0.3 is 5.32 Å². The van der Waals surface area contributed by atoms with E-state index in [1.807, 2.05) is 0 Å². The van der Waals surface area contributed by atoms with Gasteiger partial charge in [-0.3, -0.25) is 4.90 Å². The molecule has 0 radical (unpaired) electrons. The number of hydrogen-bond acceptors (Lipinski definition) is 3. The van der Waals surface area contributed by atoms with E-state index < -0.39 is 0 Å². The van der Waals surface area contributed by atoms with E-state index in [1.54, 1.807) is 0 Å². The molecular weight excluding hydrogens is 252 g/mol. The molecule has 0 aromatic heterocycles. The van der Waals surface area contributed by atoms with Crippen LogP contribution in [0.2, 0.25) is 0 Å². The van der Waals surface area contributed by atoms with Crippen molar-refractivity contribution in [2.24, 2.45) is 5.92 Å². The fourth-order valence-electron chi connectivity index (χ4n) is 4.09. The third kappa shape index (κ3) is 3.30. The molecule has 0 amide bonds. The van der Waals surface area contributed by atoms with Crippen molar-refractivity contribution in [3.8, 4) is 0 Å². The third-order valence-electron chi connectivity index (χ3n) is 5.47. The fourth-order valence-corrected chi connectivity index (χ4v) is 4.73. The predicted molar refractivity (Wildman–Crippen MR) is 84.9 cm³/mol. The first-order valence-corrected chi connectivity index (χ1v) is 9.56. The largest absolute Gasteiger partial charge is 0.311 e. The van der Waals surface area contributed by atoms with Gasteiger partial charge in [-0.15, -0.1) is 0 Å². The summed E-state index contributed by atoms with van der Waals surface area (Å²) in [5, 5.41) is 3.91. The van der Waals surface area contributed by atoms with Gasteiger partial charge in [0.05, 0.1) is 0 Å². The minimum absolute atomic E-state index is 0.526. The molecule has 19 heavy (non-hydrogen) atoms. The molecule has 0 aromatic carbocycles. The van der Waals surface area contributed by atoms with E-state index in [0.717, 1.165) is 12.0 Å². The van der Waals surface area contributed by atoms with E-state index in [9.17, 15) is 0 Å². The molecule has 3 rings (SSSR count). The number of piperazine rings is 1. The molecule has 2 aliphatic carbocycles. The summed E-state index contributed by atoms with van der Waals surface area (Å²) in [6, 6.07) is 0.805. The summed E-state index contributed by atoms with van der Waals surface area (Å²) in [4.78, 5) is 2.90. The Morgan fingerprint density at radius 2 is 2.00 bits per heavy atom. The Morgan fingerprint density at radius 3 is 2.68 bits per heavy atom. The van der Waals surface area contributed by atoms with Crippen LogP contribution in [0.4, 0.5) is 0 Å². The van der Waals surface area contributed by atoms with Crippen molar-refractivity contribution in [3.05, 3.63) is 0 Å². The maximum absolute atomic E-state index is 3.91. The smallest absolute Gasteiger partial charge is 0.0335 e. The molecule has 1 saturated heterocycles. The monoisotopic (exact) mass is 282 g/mol. The molecule has 1 heterocycles. The predicted octanol–water partition coefficient (Wildman–Crippen LogP) is 3.13. The fraction of sp³-hybridized carbons (Fsp3) is 1.00. The first-order valence-electron chi connectivity index (χ1n) is 8.40. The second kappa shape index (κ2) is 6.36. The lowest BCUT2D eigenvalue weighted by atomic mass is 9.78. The van der Waals surface area contributed by atoms with E-state index in [4.69, 9.17) is 0 Å². The van der Waals surface area contributed by atoms with Crippen LogP contribution in [-0.4, -0.2) is 47.6 Å². The van der Waals surface area contributed by atoms with Gasteiger partial charge in [0.1, 0.15) is 0 Å². The van der Waals surface area contributed by atoms with Crippen molar-refractivity contribution in [2.75, 3.05) is 31.1 Å². The highest BCUT2D eigenvalue weighted by atomic mass is 32.2. The summed E-state index contributed by atoms with van der Waals surface area (Å²) in [6.07, 6.45) is 10.2. The van der Waals surface area contributed by atoms with E-state index in [0.29, 0.717) is 5.54 Å².